The molecular formula is C24H29N3O2S. The Balaban J connectivity index is 1.90. The van der Waals surface area contributed by atoms with Gasteiger partial charge in [0.25, 0.3) is 0 Å². The quantitative estimate of drug-likeness (QED) is 0.317. The molecule has 2 atom stereocenters. The van der Waals surface area contributed by atoms with E-state index in [1.165, 1.54) is 0 Å². The van der Waals surface area contributed by atoms with E-state index in [0.29, 0.717) is 17.9 Å². The van der Waals surface area contributed by atoms with Gasteiger partial charge in [-0.25, -0.2) is 0 Å². The zero-order valence-corrected chi connectivity index (χ0v) is 18.4. The van der Waals surface area contributed by atoms with Gasteiger partial charge in [-0.1, -0.05) is 37.3 Å². The average molecular weight is 424 g/mol. The third-order valence-corrected chi connectivity index (χ3v) is 6.10. The highest BCUT2D eigenvalue weighted by Gasteiger charge is 2.16. The molecule has 1 heterocycles. The number of nitrogens with one attached hydrogen (secondary N) is 1. The molecule has 0 bridgehead atoms. The summed E-state index contributed by atoms with van der Waals surface area (Å²) < 4.78 is 0. The molecule has 0 saturated heterocycles. The summed E-state index contributed by atoms with van der Waals surface area (Å²) in [5.41, 5.74) is 2.55. The summed E-state index contributed by atoms with van der Waals surface area (Å²) in [6.07, 6.45) is 12.1. The number of aliphatic hydroxyl groups excluding tert-OH is 1. The maximum Gasteiger partial charge on any atom is 0.152 e. The maximum absolute atomic E-state index is 11.9. The third kappa shape index (κ3) is 5.37. The second kappa shape index (κ2) is 11.1. The molecule has 2 N–H and O–H groups in total. The molecule has 2 aromatic carbocycles. The van der Waals surface area contributed by atoms with E-state index in [2.05, 4.69) is 27.4 Å². The highest BCUT2D eigenvalue weighted by Crippen LogP contribution is 2.32. The van der Waals surface area contributed by atoms with Crippen LogP contribution < -0.4 is 5.32 Å². The van der Waals surface area contributed by atoms with Crippen LogP contribution in [0.4, 0.5) is 5.69 Å². The van der Waals surface area contributed by atoms with Crippen molar-refractivity contribution in [1.82, 2.24) is 0 Å². The first-order valence-corrected chi connectivity index (χ1v) is 11.6. The third-order valence-electron chi connectivity index (χ3n) is 5.41. The molecule has 0 radical (unpaired) electrons. The number of fused-ring (bicyclic) bond motifs is 1. The minimum absolute atomic E-state index is 0.0672. The van der Waals surface area contributed by atoms with Crippen molar-refractivity contribution in [1.29, 1.82) is 0 Å². The number of aliphatic imine (C=N–C) groups is 2. The minimum atomic E-state index is 0.0672. The highest BCUT2D eigenvalue weighted by atomic mass is 32.2. The highest BCUT2D eigenvalue weighted by molar-refractivity contribution is 8.02. The standard InChI is InChI=1S/C24H29N3O2S/c1-3-20(10-11-28)26-16-27-24-19(15-29)13-18(21-6-4-5-7-22(21)24)12-17-8-9-23(30-2)25-14-17/h4-7,9,13-17,20,28H,3,8,10-12H2,1-2H3,(H,26,27). The van der Waals surface area contributed by atoms with E-state index in [9.17, 15) is 4.79 Å². The van der Waals surface area contributed by atoms with E-state index < -0.39 is 0 Å². The Morgan fingerprint density at radius 3 is 2.80 bits per heavy atom. The Kier molecular flexibility index (Phi) is 8.22. The summed E-state index contributed by atoms with van der Waals surface area (Å²) in [6.45, 7) is 2.16. The van der Waals surface area contributed by atoms with Gasteiger partial charge >= 0.3 is 0 Å². The number of carbonyl (C=O) groups excluding carboxylic acids is 1. The summed E-state index contributed by atoms with van der Waals surface area (Å²) in [4.78, 5) is 20.9. The van der Waals surface area contributed by atoms with Gasteiger partial charge in [-0.15, -0.1) is 11.8 Å². The summed E-state index contributed by atoms with van der Waals surface area (Å²) in [5.74, 6) is 0.327. The topological polar surface area (TPSA) is 74.1 Å². The Hall–Kier alpha value is -2.44. The minimum Gasteiger partial charge on any atom is -0.396 e. The molecule has 0 aromatic heterocycles. The first-order valence-electron chi connectivity index (χ1n) is 10.4. The first-order chi connectivity index (χ1) is 14.7. The van der Waals surface area contributed by atoms with Crippen LogP contribution in [0, 0.1) is 5.92 Å². The van der Waals surface area contributed by atoms with Crippen molar-refractivity contribution in [2.75, 3.05) is 18.2 Å². The fourth-order valence-corrected chi connectivity index (χ4v) is 4.17. The molecule has 1 aliphatic rings. The molecule has 0 spiro atoms. The lowest BCUT2D eigenvalue weighted by atomic mass is 9.90. The van der Waals surface area contributed by atoms with Crippen LogP contribution in [-0.4, -0.2) is 42.9 Å². The number of rotatable bonds is 10. The average Bonchev–Trinajstić information content (AvgIpc) is 2.79. The van der Waals surface area contributed by atoms with Crippen molar-refractivity contribution in [3.63, 3.8) is 0 Å². The van der Waals surface area contributed by atoms with Gasteiger partial charge in [-0.05, 0) is 49.0 Å². The van der Waals surface area contributed by atoms with Crippen LogP contribution in [0.3, 0.4) is 0 Å². The lowest BCUT2D eigenvalue weighted by Crippen LogP contribution is -2.11. The van der Waals surface area contributed by atoms with Gasteiger partial charge in [-0.3, -0.25) is 14.8 Å². The van der Waals surface area contributed by atoms with E-state index >= 15 is 0 Å². The van der Waals surface area contributed by atoms with E-state index in [-0.39, 0.29) is 12.6 Å². The van der Waals surface area contributed by atoms with Gasteiger partial charge in [-0.2, -0.15) is 0 Å². The fraction of sp³-hybridized carbons (Fsp3) is 0.375. The second-order valence-electron chi connectivity index (χ2n) is 7.38. The maximum atomic E-state index is 11.9. The zero-order valence-electron chi connectivity index (χ0n) is 17.5. The molecule has 2 unspecified atom stereocenters. The number of aldehydes is 1. The van der Waals surface area contributed by atoms with E-state index in [1.54, 1.807) is 18.1 Å². The van der Waals surface area contributed by atoms with Crippen molar-refractivity contribution in [2.45, 2.75) is 38.6 Å². The fourth-order valence-electron chi connectivity index (χ4n) is 3.74. The number of aliphatic hydroxyl groups is 1. The summed E-state index contributed by atoms with van der Waals surface area (Å²) in [7, 11) is 0. The molecule has 3 rings (SSSR count). The van der Waals surface area contributed by atoms with Crippen LogP contribution in [0.5, 0.6) is 0 Å². The monoisotopic (exact) mass is 423 g/mol. The number of allylic oxidation sites excluding steroid dienone is 1. The molecule has 1 aliphatic heterocycles. The molecule has 158 valence electrons. The number of nitrogens with zero attached hydrogens (tertiary/aromatic N) is 2. The van der Waals surface area contributed by atoms with Gasteiger partial charge in [0.05, 0.1) is 23.1 Å². The molecule has 5 nitrogen and oxygen atoms in total. The van der Waals surface area contributed by atoms with Crippen LogP contribution in [0.1, 0.15) is 42.1 Å². The Labute approximate surface area is 182 Å². The molecule has 0 amide bonds. The van der Waals surface area contributed by atoms with Gasteiger partial charge in [0, 0.05) is 29.7 Å². The molecule has 0 fully saturated rings. The molecule has 0 saturated carbocycles. The van der Waals surface area contributed by atoms with Gasteiger partial charge in [0.15, 0.2) is 6.29 Å². The van der Waals surface area contributed by atoms with Crippen molar-refractivity contribution >= 4 is 47.1 Å². The predicted octanol–water partition coefficient (Wildman–Crippen LogP) is 5.09. The summed E-state index contributed by atoms with van der Waals surface area (Å²) >= 11 is 1.66. The first kappa shape index (κ1) is 22.2. The van der Waals surface area contributed by atoms with Crippen molar-refractivity contribution in [3.05, 3.63) is 52.6 Å². The van der Waals surface area contributed by atoms with E-state index in [1.807, 2.05) is 43.7 Å². The number of benzene rings is 2. The predicted molar refractivity (Wildman–Crippen MR) is 129 cm³/mol. The molecular weight excluding hydrogens is 394 g/mol. The van der Waals surface area contributed by atoms with E-state index in [0.717, 1.165) is 52.6 Å². The molecule has 6 heteroatoms. The van der Waals surface area contributed by atoms with Crippen LogP contribution in [0.2, 0.25) is 0 Å². The molecule has 2 aromatic rings. The summed E-state index contributed by atoms with van der Waals surface area (Å²) in [6, 6.07) is 10.2. The number of anilines is 1. The van der Waals surface area contributed by atoms with E-state index in [4.69, 9.17) is 5.11 Å². The van der Waals surface area contributed by atoms with Crippen LogP contribution >= 0.6 is 11.8 Å². The SMILES string of the molecule is CCC(CCO)N=CNc1c(C=O)cc(CC2C=NC(SC)=CC2)c2ccccc12. The summed E-state index contributed by atoms with van der Waals surface area (Å²) in [5, 5.41) is 15.6. The van der Waals surface area contributed by atoms with Crippen molar-refractivity contribution < 1.29 is 9.90 Å². The van der Waals surface area contributed by atoms with Crippen molar-refractivity contribution in [3.8, 4) is 0 Å². The Bertz CT molecular complexity index is 968. The van der Waals surface area contributed by atoms with Crippen molar-refractivity contribution in [2.24, 2.45) is 15.9 Å². The lowest BCUT2D eigenvalue weighted by Gasteiger charge is -2.18. The molecule has 30 heavy (non-hydrogen) atoms. The number of hydrogen-bond donors (Lipinski definition) is 2. The van der Waals surface area contributed by atoms with Gasteiger partial charge < -0.3 is 10.4 Å². The Morgan fingerprint density at radius 2 is 2.17 bits per heavy atom. The zero-order chi connectivity index (χ0) is 21.3. The lowest BCUT2D eigenvalue weighted by molar-refractivity contribution is 0.112. The van der Waals surface area contributed by atoms with Gasteiger partial charge in [0.2, 0.25) is 0 Å². The van der Waals surface area contributed by atoms with Crippen LogP contribution in [-0.2, 0) is 6.42 Å². The largest absolute Gasteiger partial charge is 0.396 e. The Morgan fingerprint density at radius 1 is 1.37 bits per heavy atom. The number of thioether (sulfide) groups is 1. The number of hydrogen-bond acceptors (Lipinski definition) is 5. The second-order valence-corrected chi connectivity index (χ2v) is 8.21. The van der Waals surface area contributed by atoms with Crippen LogP contribution in [0.15, 0.2) is 51.4 Å². The smallest absolute Gasteiger partial charge is 0.152 e. The van der Waals surface area contributed by atoms with Gasteiger partial charge in [0.1, 0.15) is 0 Å². The van der Waals surface area contributed by atoms with Crippen LogP contribution in [0.25, 0.3) is 10.8 Å². The normalized spacial score (nSPS) is 17.3. The molecule has 0 aliphatic carbocycles. The number of carbonyl (C=O) groups is 1.